The van der Waals surface area contributed by atoms with E-state index in [0.717, 1.165) is 0 Å². The molecule has 7 nitrogen and oxygen atoms in total. The van der Waals surface area contributed by atoms with E-state index in [2.05, 4.69) is 9.40 Å². The maximum atomic E-state index is 11.8. The van der Waals surface area contributed by atoms with E-state index in [1.54, 1.807) is 13.0 Å². The van der Waals surface area contributed by atoms with Crippen molar-refractivity contribution in [3.8, 4) is 0 Å². The predicted octanol–water partition coefficient (Wildman–Crippen LogP) is 1.97. The van der Waals surface area contributed by atoms with Crippen LogP contribution >= 0.6 is 0 Å². The first-order valence-corrected chi connectivity index (χ1v) is 5.46. The lowest BCUT2D eigenvalue weighted by Crippen LogP contribution is -2.05. The molecule has 1 N–H and O–H groups in total. The molecule has 0 fully saturated rings. The summed E-state index contributed by atoms with van der Waals surface area (Å²) in [5, 5.41) is 0. The molecule has 0 aliphatic carbocycles. The number of furan rings is 1. The Morgan fingerprint density at radius 1 is 1.42 bits per heavy atom. The van der Waals surface area contributed by atoms with Crippen LogP contribution in [-0.2, 0) is 11.3 Å². The summed E-state index contributed by atoms with van der Waals surface area (Å²) in [5.74, 6) is -0.915. The van der Waals surface area contributed by atoms with Crippen molar-refractivity contribution in [2.24, 2.45) is 0 Å². The molecule has 0 saturated carbocycles. The van der Waals surface area contributed by atoms with Crippen LogP contribution in [0.3, 0.4) is 0 Å². The molecule has 19 heavy (non-hydrogen) atoms. The molecule has 0 aliphatic rings. The van der Waals surface area contributed by atoms with Crippen molar-refractivity contribution in [1.29, 1.82) is 0 Å². The summed E-state index contributed by atoms with van der Waals surface area (Å²) in [7, 11) is 0. The quantitative estimate of drug-likeness (QED) is 0.725. The number of rotatable bonds is 3. The number of H-pyrrole nitrogens is 1. The summed E-state index contributed by atoms with van der Waals surface area (Å²) >= 11 is 0. The molecule has 7 heteroatoms. The highest BCUT2D eigenvalue weighted by molar-refractivity contribution is 5.93. The molecular formula is C12H9NO6. The summed E-state index contributed by atoms with van der Waals surface area (Å²) in [6.07, 6.45) is 1.51. The first-order valence-electron chi connectivity index (χ1n) is 5.46. The minimum Gasteiger partial charge on any atom is -0.463 e. The summed E-state index contributed by atoms with van der Waals surface area (Å²) < 4.78 is 19.5. The van der Waals surface area contributed by atoms with Gasteiger partial charge < -0.3 is 23.0 Å². The van der Waals surface area contributed by atoms with E-state index < -0.39 is 11.8 Å². The second-order valence-corrected chi connectivity index (χ2v) is 3.89. The number of aromatic amines is 1. The molecule has 0 aliphatic heterocycles. The Morgan fingerprint density at radius 3 is 2.95 bits per heavy atom. The van der Waals surface area contributed by atoms with Gasteiger partial charge >= 0.3 is 11.8 Å². The highest BCUT2D eigenvalue weighted by Crippen LogP contribution is 2.17. The van der Waals surface area contributed by atoms with E-state index in [1.165, 1.54) is 12.3 Å². The smallest absolute Gasteiger partial charge is 0.463 e. The number of aromatic nitrogens is 1. The highest BCUT2D eigenvalue weighted by atomic mass is 16.6. The first-order chi connectivity index (χ1) is 9.13. The van der Waals surface area contributed by atoms with Crippen LogP contribution in [0.4, 0.5) is 0 Å². The van der Waals surface area contributed by atoms with E-state index >= 15 is 0 Å². The summed E-state index contributed by atoms with van der Waals surface area (Å²) in [5.41, 5.74) is 1.54. The van der Waals surface area contributed by atoms with Gasteiger partial charge in [-0.05, 0) is 6.92 Å². The predicted molar refractivity (Wildman–Crippen MR) is 61.7 cm³/mol. The van der Waals surface area contributed by atoms with Gasteiger partial charge in [0.25, 0.3) is 0 Å². The van der Waals surface area contributed by atoms with Crippen molar-refractivity contribution in [2.75, 3.05) is 0 Å². The lowest BCUT2D eigenvalue weighted by molar-refractivity contribution is 0.0437. The molecule has 3 heterocycles. The maximum absolute atomic E-state index is 11.8. The molecule has 0 spiro atoms. The number of carbonyl (C=O) groups excluding carboxylic acids is 1. The van der Waals surface area contributed by atoms with Crippen molar-refractivity contribution in [2.45, 2.75) is 13.5 Å². The van der Waals surface area contributed by atoms with Crippen LogP contribution in [0.15, 0.2) is 36.4 Å². The maximum Gasteiger partial charge on any atom is 0.519 e. The SMILES string of the molecule is Cc1oc(=O)oc1COC(=O)c1cc2occc2[nH]1. The van der Waals surface area contributed by atoms with Crippen LogP contribution in [0.1, 0.15) is 22.0 Å². The molecule has 0 atom stereocenters. The summed E-state index contributed by atoms with van der Waals surface area (Å²) in [6, 6.07) is 3.24. The van der Waals surface area contributed by atoms with Gasteiger partial charge in [0.15, 0.2) is 23.7 Å². The number of esters is 1. The second-order valence-electron chi connectivity index (χ2n) is 3.89. The topological polar surface area (TPSA) is 98.6 Å². The van der Waals surface area contributed by atoms with E-state index in [0.29, 0.717) is 11.1 Å². The van der Waals surface area contributed by atoms with Crippen molar-refractivity contribution >= 4 is 17.1 Å². The third kappa shape index (κ3) is 2.05. The van der Waals surface area contributed by atoms with Crippen molar-refractivity contribution in [3.63, 3.8) is 0 Å². The molecule has 0 amide bonds. The van der Waals surface area contributed by atoms with Crippen LogP contribution in [0.2, 0.25) is 0 Å². The standard InChI is InChI=1S/C12H9NO6/c1-6-10(19-12(15)18-6)5-17-11(14)8-4-9-7(13-8)2-3-16-9/h2-4,13H,5H2,1H3. The van der Waals surface area contributed by atoms with Gasteiger partial charge in [-0.1, -0.05) is 0 Å². The Balaban J connectivity index is 1.73. The highest BCUT2D eigenvalue weighted by Gasteiger charge is 2.15. The zero-order valence-electron chi connectivity index (χ0n) is 9.89. The van der Waals surface area contributed by atoms with Gasteiger partial charge in [0.1, 0.15) is 5.69 Å². The molecule has 3 rings (SSSR count). The van der Waals surface area contributed by atoms with E-state index in [1.807, 2.05) is 0 Å². The molecule has 3 aromatic heterocycles. The minimum atomic E-state index is -0.819. The fourth-order valence-electron chi connectivity index (χ4n) is 1.67. The summed E-state index contributed by atoms with van der Waals surface area (Å²) in [6.45, 7) is 1.38. The molecule has 0 bridgehead atoms. The second kappa shape index (κ2) is 4.20. The Hall–Kier alpha value is -2.70. The molecule has 0 unspecified atom stereocenters. The summed E-state index contributed by atoms with van der Waals surface area (Å²) in [4.78, 5) is 25.4. The lowest BCUT2D eigenvalue weighted by atomic mass is 10.4. The Morgan fingerprint density at radius 2 is 2.26 bits per heavy atom. The van der Waals surface area contributed by atoms with Gasteiger partial charge in [-0.2, -0.15) is 0 Å². The number of aryl methyl sites for hydroxylation is 1. The lowest BCUT2D eigenvalue weighted by Gasteiger charge is -2.00. The Bertz CT molecular complexity index is 758. The van der Waals surface area contributed by atoms with Gasteiger partial charge in [-0.15, -0.1) is 0 Å². The molecule has 0 aromatic carbocycles. The molecule has 98 valence electrons. The molecule has 0 radical (unpaired) electrons. The fourth-order valence-corrected chi connectivity index (χ4v) is 1.67. The third-order valence-electron chi connectivity index (χ3n) is 2.63. The Kier molecular flexibility index (Phi) is 2.52. The van der Waals surface area contributed by atoms with E-state index in [-0.39, 0.29) is 23.8 Å². The van der Waals surface area contributed by atoms with Crippen LogP contribution in [0.25, 0.3) is 11.1 Å². The number of ether oxygens (including phenoxy) is 1. The zero-order chi connectivity index (χ0) is 13.4. The normalized spacial score (nSPS) is 11.0. The molecule has 0 saturated heterocycles. The molecule has 3 aromatic rings. The third-order valence-corrected chi connectivity index (χ3v) is 2.63. The van der Waals surface area contributed by atoms with Gasteiger partial charge in [-0.3, -0.25) is 0 Å². The van der Waals surface area contributed by atoms with Gasteiger partial charge in [0.05, 0.1) is 11.8 Å². The van der Waals surface area contributed by atoms with Crippen molar-refractivity contribution in [1.82, 2.24) is 4.98 Å². The van der Waals surface area contributed by atoms with Crippen LogP contribution in [0.5, 0.6) is 0 Å². The van der Waals surface area contributed by atoms with E-state index in [9.17, 15) is 9.59 Å². The number of hydrogen-bond donors (Lipinski definition) is 1. The minimum absolute atomic E-state index is 0.170. The largest absolute Gasteiger partial charge is 0.519 e. The number of carbonyl (C=O) groups is 1. The van der Waals surface area contributed by atoms with Crippen LogP contribution in [-0.4, -0.2) is 11.0 Å². The average Bonchev–Trinajstić information content (AvgIpc) is 3.00. The van der Waals surface area contributed by atoms with Crippen LogP contribution < -0.4 is 5.82 Å². The molecular weight excluding hydrogens is 254 g/mol. The Labute approximate surface area is 105 Å². The fraction of sp³-hybridized carbons (Fsp3) is 0.167. The van der Waals surface area contributed by atoms with Crippen molar-refractivity contribution in [3.05, 3.63) is 46.2 Å². The first kappa shape index (κ1) is 11.4. The van der Waals surface area contributed by atoms with Gasteiger partial charge in [0.2, 0.25) is 0 Å². The van der Waals surface area contributed by atoms with Crippen molar-refractivity contribution < 1.29 is 22.8 Å². The number of hydrogen-bond acceptors (Lipinski definition) is 6. The monoisotopic (exact) mass is 263 g/mol. The number of nitrogens with one attached hydrogen (secondary N) is 1. The van der Waals surface area contributed by atoms with E-state index in [4.69, 9.17) is 13.6 Å². The average molecular weight is 263 g/mol. The van der Waals surface area contributed by atoms with Gasteiger partial charge in [-0.25, -0.2) is 9.59 Å². The zero-order valence-corrected chi connectivity index (χ0v) is 9.89. The van der Waals surface area contributed by atoms with Crippen LogP contribution in [0, 0.1) is 6.92 Å². The number of fused-ring (bicyclic) bond motifs is 1. The van der Waals surface area contributed by atoms with Gasteiger partial charge in [0, 0.05) is 12.1 Å².